The second kappa shape index (κ2) is 7.47. The van der Waals surface area contributed by atoms with Gasteiger partial charge in [0.1, 0.15) is 11.4 Å². The van der Waals surface area contributed by atoms with Crippen LogP contribution in [0.25, 0.3) is 17.0 Å². The van der Waals surface area contributed by atoms with E-state index >= 15 is 0 Å². The van der Waals surface area contributed by atoms with Crippen LogP contribution in [-0.2, 0) is 12.8 Å². The van der Waals surface area contributed by atoms with Gasteiger partial charge in [-0.3, -0.25) is 9.20 Å². The van der Waals surface area contributed by atoms with Crippen LogP contribution in [0.4, 0.5) is 0 Å². The van der Waals surface area contributed by atoms with E-state index in [1.807, 2.05) is 61.0 Å². The van der Waals surface area contributed by atoms with Crippen LogP contribution in [0.5, 0.6) is 5.75 Å². The van der Waals surface area contributed by atoms with Crippen LogP contribution in [0.3, 0.4) is 0 Å². The van der Waals surface area contributed by atoms with Crippen LogP contribution >= 0.6 is 11.8 Å². The molecule has 0 saturated carbocycles. The normalized spacial score (nSPS) is 11.1. The molecule has 8 heteroatoms. The number of pyridine rings is 1. The molecule has 0 unspecified atom stereocenters. The highest BCUT2D eigenvalue weighted by molar-refractivity contribution is 7.98. The number of thioether (sulfide) groups is 1. The number of benzene rings is 1. The molecule has 7 nitrogen and oxygen atoms in total. The van der Waals surface area contributed by atoms with Crippen LogP contribution in [0.15, 0.2) is 58.5 Å². The molecule has 28 heavy (non-hydrogen) atoms. The predicted molar refractivity (Wildman–Crippen MR) is 109 cm³/mol. The zero-order chi connectivity index (χ0) is 19.7. The number of aromatic nitrogens is 5. The molecule has 0 atom stereocenters. The van der Waals surface area contributed by atoms with Gasteiger partial charge < -0.3 is 9.30 Å². The van der Waals surface area contributed by atoms with Gasteiger partial charge >= 0.3 is 0 Å². The van der Waals surface area contributed by atoms with E-state index in [9.17, 15) is 4.79 Å². The van der Waals surface area contributed by atoms with Gasteiger partial charge in [-0.1, -0.05) is 30.0 Å². The van der Waals surface area contributed by atoms with Crippen molar-refractivity contribution in [1.82, 2.24) is 24.1 Å². The van der Waals surface area contributed by atoms with Crippen LogP contribution in [-0.4, -0.2) is 31.3 Å². The zero-order valence-electron chi connectivity index (χ0n) is 15.8. The Morgan fingerprint density at radius 2 is 1.93 bits per heavy atom. The molecule has 0 bridgehead atoms. The SMILES string of the molecule is COc1ccccc1-c1nnc(SCc2cc(=O)n3c(C)cccc3n2)n1C. The molecule has 142 valence electrons. The molecular weight excluding hydrogens is 374 g/mol. The monoisotopic (exact) mass is 393 g/mol. The fourth-order valence-corrected chi connectivity index (χ4v) is 3.88. The van der Waals surface area contributed by atoms with E-state index in [-0.39, 0.29) is 5.56 Å². The summed E-state index contributed by atoms with van der Waals surface area (Å²) >= 11 is 1.49. The summed E-state index contributed by atoms with van der Waals surface area (Å²) in [5.74, 6) is 1.99. The minimum Gasteiger partial charge on any atom is -0.496 e. The number of ether oxygens (including phenoxy) is 1. The molecule has 4 aromatic rings. The topological polar surface area (TPSA) is 74.3 Å². The smallest absolute Gasteiger partial charge is 0.258 e. The van der Waals surface area contributed by atoms with E-state index < -0.39 is 0 Å². The second-order valence-electron chi connectivity index (χ2n) is 6.30. The Morgan fingerprint density at radius 3 is 2.75 bits per heavy atom. The first-order valence-corrected chi connectivity index (χ1v) is 9.71. The van der Waals surface area contributed by atoms with Crippen LogP contribution in [0, 0.1) is 6.92 Å². The third-order valence-electron chi connectivity index (χ3n) is 4.47. The standard InChI is InChI=1S/C20H19N5O2S/c1-13-7-6-10-17-21-14(11-18(26)25(13)17)12-28-20-23-22-19(24(20)2)15-8-4-5-9-16(15)27-3/h4-11H,12H2,1-3H3. The minimum atomic E-state index is -0.0774. The first-order chi connectivity index (χ1) is 13.6. The number of methoxy groups -OCH3 is 1. The van der Waals surface area contributed by atoms with Gasteiger partial charge in [-0.25, -0.2) is 4.98 Å². The molecule has 0 saturated heterocycles. The lowest BCUT2D eigenvalue weighted by atomic mass is 10.2. The summed E-state index contributed by atoms with van der Waals surface area (Å²) in [6.07, 6.45) is 0. The molecule has 4 rings (SSSR count). The number of hydrogen-bond donors (Lipinski definition) is 0. The number of fused-ring (bicyclic) bond motifs is 1. The summed E-state index contributed by atoms with van der Waals surface area (Å²) in [7, 11) is 3.55. The van der Waals surface area contributed by atoms with E-state index in [0.29, 0.717) is 17.1 Å². The van der Waals surface area contributed by atoms with Gasteiger partial charge in [0.25, 0.3) is 5.56 Å². The molecule has 1 aromatic carbocycles. The van der Waals surface area contributed by atoms with Gasteiger partial charge in [-0.2, -0.15) is 0 Å². The molecule has 0 aliphatic heterocycles. The Hall–Kier alpha value is -3.13. The maximum absolute atomic E-state index is 12.4. The zero-order valence-corrected chi connectivity index (χ0v) is 16.6. The highest BCUT2D eigenvalue weighted by atomic mass is 32.2. The highest BCUT2D eigenvalue weighted by Gasteiger charge is 2.15. The fourth-order valence-electron chi connectivity index (χ4n) is 3.08. The van der Waals surface area contributed by atoms with E-state index in [2.05, 4.69) is 15.2 Å². The number of nitrogens with zero attached hydrogens (tertiary/aromatic N) is 5. The summed E-state index contributed by atoms with van der Waals surface area (Å²) in [6.45, 7) is 1.89. The van der Waals surface area contributed by atoms with Crippen molar-refractivity contribution in [3.63, 3.8) is 0 Å². The van der Waals surface area contributed by atoms with Crippen molar-refractivity contribution in [2.75, 3.05) is 7.11 Å². The molecule has 3 heterocycles. The van der Waals surface area contributed by atoms with E-state index in [4.69, 9.17) is 4.74 Å². The van der Waals surface area contributed by atoms with Crippen LogP contribution < -0.4 is 10.3 Å². The van der Waals surface area contributed by atoms with Crippen molar-refractivity contribution in [3.05, 3.63) is 70.3 Å². The number of para-hydroxylation sites is 1. The van der Waals surface area contributed by atoms with Gasteiger partial charge in [-0.15, -0.1) is 10.2 Å². The Morgan fingerprint density at radius 1 is 1.11 bits per heavy atom. The number of rotatable bonds is 5. The van der Waals surface area contributed by atoms with Crippen molar-refractivity contribution in [2.45, 2.75) is 17.8 Å². The predicted octanol–water partition coefficient (Wildman–Crippen LogP) is 3.10. The number of aryl methyl sites for hydroxylation is 1. The minimum absolute atomic E-state index is 0.0774. The summed E-state index contributed by atoms with van der Waals surface area (Å²) in [6, 6.07) is 14.9. The van der Waals surface area contributed by atoms with E-state index in [0.717, 1.165) is 28.0 Å². The highest BCUT2D eigenvalue weighted by Crippen LogP contribution is 2.30. The number of hydrogen-bond acceptors (Lipinski definition) is 6. The average Bonchev–Trinajstić information content (AvgIpc) is 3.06. The quantitative estimate of drug-likeness (QED) is 0.485. The third kappa shape index (κ3) is 3.27. The van der Waals surface area contributed by atoms with Crippen molar-refractivity contribution in [3.8, 4) is 17.1 Å². The van der Waals surface area contributed by atoms with Gasteiger partial charge in [0, 0.05) is 24.6 Å². The second-order valence-corrected chi connectivity index (χ2v) is 7.24. The molecule has 0 fully saturated rings. The summed E-state index contributed by atoms with van der Waals surface area (Å²) in [5, 5.41) is 9.35. The first-order valence-electron chi connectivity index (χ1n) is 8.72. The molecule has 0 radical (unpaired) electrons. The largest absolute Gasteiger partial charge is 0.496 e. The lowest BCUT2D eigenvalue weighted by Crippen LogP contribution is -2.17. The van der Waals surface area contributed by atoms with E-state index in [1.165, 1.54) is 11.8 Å². The van der Waals surface area contributed by atoms with E-state index in [1.54, 1.807) is 17.6 Å². The van der Waals surface area contributed by atoms with Crippen LogP contribution in [0.1, 0.15) is 11.4 Å². The molecule has 0 spiro atoms. The van der Waals surface area contributed by atoms with Crippen LogP contribution in [0.2, 0.25) is 0 Å². The molecule has 0 aliphatic rings. The Kier molecular flexibility index (Phi) is 4.87. The Balaban J connectivity index is 1.61. The van der Waals surface area contributed by atoms with Crippen molar-refractivity contribution in [2.24, 2.45) is 7.05 Å². The molecular formula is C20H19N5O2S. The average molecular weight is 393 g/mol. The lowest BCUT2D eigenvalue weighted by Gasteiger charge is -2.08. The van der Waals surface area contributed by atoms with Gasteiger partial charge in [-0.05, 0) is 31.2 Å². The summed E-state index contributed by atoms with van der Waals surface area (Å²) in [4.78, 5) is 17.0. The molecule has 0 amide bonds. The Bertz CT molecular complexity index is 1210. The summed E-state index contributed by atoms with van der Waals surface area (Å²) < 4.78 is 8.95. The van der Waals surface area contributed by atoms with Crippen molar-refractivity contribution in [1.29, 1.82) is 0 Å². The molecule has 0 N–H and O–H groups in total. The van der Waals surface area contributed by atoms with Crippen molar-refractivity contribution >= 4 is 17.4 Å². The molecule has 3 aromatic heterocycles. The van der Waals surface area contributed by atoms with Gasteiger partial charge in [0.05, 0.1) is 18.4 Å². The lowest BCUT2D eigenvalue weighted by molar-refractivity contribution is 0.416. The fraction of sp³-hybridized carbons (Fsp3) is 0.200. The molecule has 0 aliphatic carbocycles. The maximum atomic E-state index is 12.4. The van der Waals surface area contributed by atoms with Gasteiger partial charge in [0.2, 0.25) is 0 Å². The van der Waals surface area contributed by atoms with Gasteiger partial charge in [0.15, 0.2) is 11.0 Å². The Labute approximate surface area is 166 Å². The third-order valence-corrected chi connectivity index (χ3v) is 5.52. The summed E-state index contributed by atoms with van der Waals surface area (Å²) in [5.41, 5.74) is 3.03. The maximum Gasteiger partial charge on any atom is 0.258 e. The van der Waals surface area contributed by atoms with Crippen molar-refractivity contribution < 1.29 is 4.74 Å². The first kappa shape index (κ1) is 18.2.